The minimum Gasteiger partial charge on any atom is -0.478 e. The third-order valence-corrected chi connectivity index (χ3v) is 4.22. The van der Waals surface area contributed by atoms with Crippen molar-refractivity contribution in [3.63, 3.8) is 0 Å². The molecule has 0 atom stereocenters. The smallest absolute Gasteiger partial charge is 0.478 e. The Kier molecular flexibility index (Phi) is 4.06. The van der Waals surface area contributed by atoms with E-state index >= 15 is 0 Å². The summed E-state index contributed by atoms with van der Waals surface area (Å²) < 4.78 is 42.6. The van der Waals surface area contributed by atoms with Gasteiger partial charge in [-0.1, -0.05) is 0 Å². The average molecular weight is 364 g/mol. The Morgan fingerprint density at radius 1 is 1.19 bits per heavy atom. The van der Waals surface area contributed by atoms with Crippen LogP contribution in [0.15, 0.2) is 36.4 Å². The van der Waals surface area contributed by atoms with Crippen molar-refractivity contribution in [1.29, 1.82) is 0 Å². The molecular weight excluding hydrogens is 349 g/mol. The largest absolute Gasteiger partial charge is 0.573 e. The maximum atomic E-state index is 12.3. The molecule has 0 saturated heterocycles. The van der Waals surface area contributed by atoms with Crippen molar-refractivity contribution in [3.8, 4) is 17.0 Å². The van der Waals surface area contributed by atoms with Crippen LogP contribution in [-0.2, 0) is 7.05 Å². The minimum absolute atomic E-state index is 0.00618. The lowest BCUT2D eigenvalue weighted by molar-refractivity contribution is -0.274. The average Bonchev–Trinajstić information content (AvgIpc) is 2.77. The normalized spacial score (nSPS) is 11.7. The van der Waals surface area contributed by atoms with Crippen molar-refractivity contribution < 1.29 is 27.8 Å². The lowest BCUT2D eigenvalue weighted by atomic mass is 10.0. The number of carboxylic acid groups (broad SMARTS) is 1. The summed E-state index contributed by atoms with van der Waals surface area (Å²) in [5.74, 6) is -1.43. The molecule has 8 heteroatoms. The van der Waals surface area contributed by atoms with E-state index in [4.69, 9.17) is 5.73 Å². The van der Waals surface area contributed by atoms with Gasteiger partial charge in [-0.25, -0.2) is 4.79 Å². The molecule has 2 aromatic carbocycles. The van der Waals surface area contributed by atoms with E-state index in [2.05, 4.69) is 4.74 Å². The number of nitrogens with zero attached hydrogens (tertiary/aromatic N) is 1. The van der Waals surface area contributed by atoms with Crippen molar-refractivity contribution in [2.24, 2.45) is 7.05 Å². The summed E-state index contributed by atoms with van der Waals surface area (Å²) >= 11 is 0. The van der Waals surface area contributed by atoms with Gasteiger partial charge in [0, 0.05) is 18.1 Å². The second kappa shape index (κ2) is 5.98. The molecule has 0 fully saturated rings. The maximum absolute atomic E-state index is 12.3. The van der Waals surface area contributed by atoms with Crippen LogP contribution in [0.3, 0.4) is 0 Å². The topological polar surface area (TPSA) is 77.5 Å². The number of hydrogen-bond acceptors (Lipinski definition) is 3. The molecule has 0 radical (unpaired) electrons. The van der Waals surface area contributed by atoms with E-state index in [1.807, 2.05) is 11.5 Å². The van der Waals surface area contributed by atoms with Crippen LogP contribution in [0.25, 0.3) is 22.2 Å². The highest BCUT2D eigenvalue weighted by molar-refractivity contribution is 6.02. The number of alkyl halides is 3. The van der Waals surface area contributed by atoms with Gasteiger partial charge in [-0.05, 0) is 54.4 Å². The number of halogens is 3. The van der Waals surface area contributed by atoms with Crippen molar-refractivity contribution >= 4 is 22.6 Å². The number of anilines is 1. The molecule has 3 aromatic rings. The first-order chi connectivity index (χ1) is 12.1. The van der Waals surface area contributed by atoms with Gasteiger partial charge in [0.25, 0.3) is 0 Å². The number of aromatic carboxylic acids is 1. The molecule has 3 rings (SSSR count). The number of aryl methyl sites for hydroxylation is 2. The lowest BCUT2D eigenvalue weighted by Gasteiger charge is -2.10. The van der Waals surface area contributed by atoms with E-state index in [-0.39, 0.29) is 17.0 Å². The highest BCUT2D eigenvalue weighted by Gasteiger charge is 2.31. The van der Waals surface area contributed by atoms with Crippen LogP contribution in [0.2, 0.25) is 0 Å². The first-order valence-corrected chi connectivity index (χ1v) is 7.56. The van der Waals surface area contributed by atoms with Crippen LogP contribution in [0.4, 0.5) is 18.9 Å². The zero-order valence-corrected chi connectivity index (χ0v) is 13.9. The summed E-state index contributed by atoms with van der Waals surface area (Å²) in [5, 5.41) is 9.95. The monoisotopic (exact) mass is 364 g/mol. The molecule has 0 aliphatic heterocycles. The van der Waals surface area contributed by atoms with Crippen molar-refractivity contribution in [1.82, 2.24) is 4.57 Å². The number of carbonyl (C=O) groups is 1. The molecule has 0 bridgehead atoms. The van der Waals surface area contributed by atoms with Crippen molar-refractivity contribution in [3.05, 3.63) is 47.5 Å². The van der Waals surface area contributed by atoms with E-state index in [0.717, 1.165) is 16.8 Å². The Morgan fingerprint density at radius 3 is 2.35 bits per heavy atom. The summed E-state index contributed by atoms with van der Waals surface area (Å²) in [6.45, 7) is 1.82. The Morgan fingerprint density at radius 2 is 1.81 bits per heavy atom. The van der Waals surface area contributed by atoms with Gasteiger partial charge in [0.15, 0.2) is 0 Å². The number of hydrogen-bond donors (Lipinski definition) is 2. The molecule has 0 aliphatic rings. The number of rotatable bonds is 3. The standard InChI is InChI=1S/C18H15F3N2O3/c1-9-12-7-13(17(24)25)14(22)8-15(12)23(2)16(9)10-3-5-11(6-4-10)26-18(19,20)21/h3-8H,22H2,1-2H3,(H,24,25). The van der Waals surface area contributed by atoms with Gasteiger partial charge in [-0.15, -0.1) is 13.2 Å². The minimum atomic E-state index is -4.75. The van der Waals surface area contributed by atoms with Gasteiger partial charge in [0.1, 0.15) is 5.75 Å². The van der Waals surface area contributed by atoms with Crippen molar-refractivity contribution in [2.45, 2.75) is 13.3 Å². The van der Waals surface area contributed by atoms with Crippen LogP contribution < -0.4 is 10.5 Å². The summed E-state index contributed by atoms with van der Waals surface area (Å²) in [4.78, 5) is 11.3. The fourth-order valence-corrected chi connectivity index (χ4v) is 3.09. The molecule has 0 saturated carbocycles. The molecule has 26 heavy (non-hydrogen) atoms. The molecule has 0 aliphatic carbocycles. The number of aromatic nitrogens is 1. The number of benzene rings is 2. The Labute approximate surface area is 146 Å². The summed E-state index contributed by atoms with van der Waals surface area (Å²) in [6.07, 6.45) is -4.75. The van der Waals surface area contributed by atoms with Crippen LogP contribution in [-0.4, -0.2) is 22.0 Å². The molecular formula is C18H15F3N2O3. The third kappa shape index (κ3) is 3.05. The second-order valence-electron chi connectivity index (χ2n) is 5.87. The third-order valence-electron chi connectivity index (χ3n) is 4.22. The number of ether oxygens (including phenoxy) is 1. The summed E-state index contributed by atoms with van der Waals surface area (Å²) in [5.41, 5.74) is 8.92. The van der Waals surface area contributed by atoms with E-state index in [0.29, 0.717) is 10.9 Å². The fraction of sp³-hybridized carbons (Fsp3) is 0.167. The molecule has 136 valence electrons. The highest BCUT2D eigenvalue weighted by Crippen LogP contribution is 2.35. The first-order valence-electron chi connectivity index (χ1n) is 7.56. The molecule has 0 spiro atoms. The van der Waals surface area contributed by atoms with Crippen LogP contribution in [0.1, 0.15) is 15.9 Å². The van der Waals surface area contributed by atoms with Gasteiger partial charge in [-0.3, -0.25) is 0 Å². The highest BCUT2D eigenvalue weighted by atomic mass is 19.4. The van der Waals surface area contributed by atoms with Crippen LogP contribution in [0.5, 0.6) is 5.75 Å². The van der Waals surface area contributed by atoms with E-state index in [1.54, 1.807) is 13.1 Å². The van der Waals surface area contributed by atoms with E-state index < -0.39 is 12.3 Å². The van der Waals surface area contributed by atoms with Gasteiger partial charge in [-0.2, -0.15) is 0 Å². The lowest BCUT2D eigenvalue weighted by Crippen LogP contribution is -2.16. The molecule has 5 nitrogen and oxygen atoms in total. The molecule has 0 amide bonds. The van der Waals surface area contributed by atoms with Gasteiger partial charge in [0.05, 0.1) is 16.8 Å². The number of fused-ring (bicyclic) bond motifs is 1. The quantitative estimate of drug-likeness (QED) is 0.678. The number of nitrogen functional groups attached to an aromatic ring is 1. The first kappa shape index (κ1) is 17.7. The number of nitrogens with two attached hydrogens (primary N) is 1. The summed E-state index contributed by atoms with van der Waals surface area (Å²) in [6, 6.07) is 8.59. The predicted molar refractivity (Wildman–Crippen MR) is 91.1 cm³/mol. The molecule has 0 unspecified atom stereocenters. The zero-order valence-electron chi connectivity index (χ0n) is 13.9. The molecule has 1 aromatic heterocycles. The molecule has 1 heterocycles. The van der Waals surface area contributed by atoms with Crippen LogP contribution in [0, 0.1) is 6.92 Å². The second-order valence-corrected chi connectivity index (χ2v) is 5.87. The van der Waals surface area contributed by atoms with E-state index in [1.165, 1.54) is 30.3 Å². The number of carboxylic acids is 1. The van der Waals surface area contributed by atoms with Gasteiger partial charge >= 0.3 is 12.3 Å². The van der Waals surface area contributed by atoms with Gasteiger partial charge < -0.3 is 20.1 Å². The maximum Gasteiger partial charge on any atom is 0.573 e. The van der Waals surface area contributed by atoms with E-state index in [9.17, 15) is 23.1 Å². The van der Waals surface area contributed by atoms with Crippen LogP contribution >= 0.6 is 0 Å². The Bertz CT molecular complexity index is 1010. The Hall–Kier alpha value is -3.16. The summed E-state index contributed by atoms with van der Waals surface area (Å²) in [7, 11) is 1.78. The predicted octanol–water partition coefficient (Wildman–Crippen LogP) is 4.33. The zero-order chi connectivity index (χ0) is 19.2. The Balaban J connectivity index is 2.12. The molecule has 3 N–H and O–H groups in total. The van der Waals surface area contributed by atoms with Crippen molar-refractivity contribution in [2.75, 3.05) is 5.73 Å². The fourth-order valence-electron chi connectivity index (χ4n) is 3.09. The van der Waals surface area contributed by atoms with Gasteiger partial charge in [0.2, 0.25) is 0 Å². The SMILES string of the molecule is Cc1c(-c2ccc(OC(F)(F)F)cc2)n(C)c2cc(N)c(C(=O)O)cc12.